The van der Waals surface area contributed by atoms with E-state index in [1.807, 2.05) is 6.92 Å². The zero-order chi connectivity index (χ0) is 9.14. The molecule has 0 aliphatic heterocycles. The van der Waals surface area contributed by atoms with E-state index in [1.165, 1.54) is 0 Å². The molecular weight excluding hydrogens is 240 g/mol. The monoisotopic (exact) mass is 247 g/mol. The SMILES string of the molecule is CC(Br)c1c[c]c([SH](=O)=O)cc1. The maximum absolute atomic E-state index is 10.5. The van der Waals surface area contributed by atoms with E-state index in [0.29, 0.717) is 0 Å². The molecule has 0 saturated heterocycles. The van der Waals surface area contributed by atoms with Crippen molar-refractivity contribution in [3.63, 3.8) is 0 Å². The molecule has 0 N–H and O–H groups in total. The summed E-state index contributed by atoms with van der Waals surface area (Å²) in [5, 5.41) is 0. The van der Waals surface area contributed by atoms with E-state index in [0.717, 1.165) is 5.56 Å². The first-order valence-corrected chi connectivity index (χ1v) is 5.50. The van der Waals surface area contributed by atoms with E-state index in [4.69, 9.17) is 0 Å². The molecule has 1 aromatic rings. The lowest BCUT2D eigenvalue weighted by Crippen LogP contribution is -1.85. The van der Waals surface area contributed by atoms with Crippen LogP contribution in [0.25, 0.3) is 0 Å². The van der Waals surface area contributed by atoms with Gasteiger partial charge in [-0.2, -0.15) is 0 Å². The van der Waals surface area contributed by atoms with Gasteiger partial charge < -0.3 is 0 Å². The van der Waals surface area contributed by atoms with E-state index in [2.05, 4.69) is 22.0 Å². The minimum absolute atomic E-state index is 0.229. The first kappa shape index (κ1) is 9.74. The Kier molecular flexibility index (Phi) is 3.29. The van der Waals surface area contributed by atoms with Gasteiger partial charge in [0.2, 0.25) is 0 Å². The van der Waals surface area contributed by atoms with E-state index < -0.39 is 10.7 Å². The molecule has 0 aliphatic carbocycles. The van der Waals surface area contributed by atoms with Gasteiger partial charge in [0.25, 0.3) is 0 Å². The van der Waals surface area contributed by atoms with Crippen LogP contribution < -0.4 is 0 Å². The Balaban J connectivity index is 3.01. The van der Waals surface area contributed by atoms with Crippen LogP contribution in [0.2, 0.25) is 0 Å². The molecule has 0 aliphatic rings. The van der Waals surface area contributed by atoms with Crippen molar-refractivity contribution in [2.24, 2.45) is 0 Å². The largest absolute Gasteiger partial charge is 0.227 e. The van der Waals surface area contributed by atoms with Crippen molar-refractivity contribution in [2.45, 2.75) is 16.6 Å². The Morgan fingerprint density at radius 1 is 1.50 bits per heavy atom. The van der Waals surface area contributed by atoms with Gasteiger partial charge in [0.15, 0.2) is 10.7 Å². The summed E-state index contributed by atoms with van der Waals surface area (Å²) in [6.07, 6.45) is 0. The van der Waals surface area contributed by atoms with Crippen molar-refractivity contribution in [1.29, 1.82) is 0 Å². The molecule has 0 fully saturated rings. The molecule has 1 aromatic carbocycles. The Bertz CT molecular complexity index is 319. The van der Waals surface area contributed by atoms with Crippen LogP contribution in [0, 0.1) is 6.07 Å². The molecule has 65 valence electrons. The second-order valence-corrected chi connectivity index (χ2v) is 4.75. The van der Waals surface area contributed by atoms with Crippen LogP contribution in [0.3, 0.4) is 0 Å². The zero-order valence-corrected chi connectivity index (χ0v) is 8.93. The summed E-state index contributed by atoms with van der Waals surface area (Å²) in [6.45, 7) is 1.97. The Morgan fingerprint density at radius 2 is 2.17 bits per heavy atom. The molecule has 12 heavy (non-hydrogen) atoms. The number of benzene rings is 1. The van der Waals surface area contributed by atoms with Gasteiger partial charge in [-0.3, -0.25) is 0 Å². The summed E-state index contributed by atoms with van der Waals surface area (Å²) in [6, 6.07) is 7.70. The molecule has 0 spiro atoms. The number of hydrogen-bond donors (Lipinski definition) is 1. The first-order valence-electron chi connectivity index (χ1n) is 3.41. The standard InChI is InChI=1S/C8H8BrO2S/c1-6(9)7-2-4-8(5-3-7)12(10)11/h2-4,6,12H,1H3. The lowest BCUT2D eigenvalue weighted by atomic mass is 10.2. The van der Waals surface area contributed by atoms with Gasteiger partial charge in [-0.1, -0.05) is 22.0 Å². The van der Waals surface area contributed by atoms with Crippen LogP contribution in [-0.2, 0) is 10.7 Å². The summed E-state index contributed by atoms with van der Waals surface area (Å²) < 4.78 is 21.0. The second-order valence-electron chi connectivity index (χ2n) is 2.38. The van der Waals surface area contributed by atoms with E-state index in [9.17, 15) is 8.42 Å². The van der Waals surface area contributed by atoms with Gasteiger partial charge in [0.1, 0.15) is 0 Å². The van der Waals surface area contributed by atoms with Crippen molar-refractivity contribution in [1.82, 2.24) is 0 Å². The Labute approximate surface area is 81.7 Å². The smallest absolute Gasteiger partial charge is 0.168 e. The highest BCUT2D eigenvalue weighted by Crippen LogP contribution is 2.21. The molecular formula is C8H8BrO2S. The summed E-state index contributed by atoms with van der Waals surface area (Å²) in [5.41, 5.74) is 1.02. The third kappa shape index (κ3) is 2.32. The van der Waals surface area contributed by atoms with Crippen LogP contribution in [0.4, 0.5) is 0 Å². The fourth-order valence-electron chi connectivity index (χ4n) is 0.790. The number of rotatable bonds is 2. The lowest BCUT2D eigenvalue weighted by molar-refractivity contribution is 0.614. The van der Waals surface area contributed by atoms with Gasteiger partial charge in [-0.15, -0.1) is 0 Å². The molecule has 1 atom stereocenters. The third-order valence-corrected chi connectivity index (χ3v) is 2.68. The predicted molar refractivity (Wildman–Crippen MR) is 51.2 cm³/mol. The van der Waals surface area contributed by atoms with Gasteiger partial charge in [-0.25, -0.2) is 8.42 Å². The molecule has 0 aromatic heterocycles. The predicted octanol–water partition coefficient (Wildman–Crippen LogP) is 1.91. The number of halogens is 1. The molecule has 1 radical (unpaired) electrons. The normalized spacial score (nSPS) is 13.2. The van der Waals surface area contributed by atoms with E-state index >= 15 is 0 Å². The van der Waals surface area contributed by atoms with Crippen LogP contribution >= 0.6 is 15.9 Å². The molecule has 0 bridgehead atoms. The maximum Gasteiger partial charge on any atom is 0.168 e. The third-order valence-electron chi connectivity index (χ3n) is 1.48. The Hall–Kier alpha value is -0.350. The highest BCUT2D eigenvalue weighted by Gasteiger charge is 2.00. The summed E-state index contributed by atoms with van der Waals surface area (Å²) in [5.74, 6) is 0. The number of alkyl halides is 1. The second kappa shape index (κ2) is 4.05. The molecule has 1 unspecified atom stereocenters. The van der Waals surface area contributed by atoms with Crippen LogP contribution in [0.15, 0.2) is 23.1 Å². The van der Waals surface area contributed by atoms with E-state index in [1.54, 1.807) is 18.2 Å². The summed E-state index contributed by atoms with van der Waals surface area (Å²) >= 11 is 3.37. The average Bonchev–Trinajstić information content (AvgIpc) is 2.04. The molecule has 0 amide bonds. The minimum atomic E-state index is -2.50. The topological polar surface area (TPSA) is 34.1 Å². The number of hydrogen-bond acceptors (Lipinski definition) is 2. The van der Waals surface area contributed by atoms with Gasteiger partial charge in [0.05, 0.1) is 4.90 Å². The molecule has 0 saturated carbocycles. The highest BCUT2D eigenvalue weighted by atomic mass is 79.9. The zero-order valence-electron chi connectivity index (χ0n) is 6.45. The quantitative estimate of drug-likeness (QED) is 0.640. The van der Waals surface area contributed by atoms with E-state index in [-0.39, 0.29) is 9.72 Å². The van der Waals surface area contributed by atoms with Crippen molar-refractivity contribution in [2.75, 3.05) is 0 Å². The molecule has 2 nitrogen and oxygen atoms in total. The maximum atomic E-state index is 10.5. The van der Waals surface area contributed by atoms with Crippen molar-refractivity contribution in [3.05, 3.63) is 29.8 Å². The van der Waals surface area contributed by atoms with Crippen molar-refractivity contribution < 1.29 is 8.42 Å². The van der Waals surface area contributed by atoms with Gasteiger partial charge in [0, 0.05) is 10.9 Å². The average molecular weight is 248 g/mol. The summed E-state index contributed by atoms with van der Waals surface area (Å²) in [4.78, 5) is 0.467. The fraction of sp³-hybridized carbons (Fsp3) is 0.250. The molecule has 4 heteroatoms. The molecule has 0 heterocycles. The summed E-state index contributed by atoms with van der Waals surface area (Å²) in [7, 11) is -2.50. The van der Waals surface area contributed by atoms with Gasteiger partial charge >= 0.3 is 0 Å². The Morgan fingerprint density at radius 3 is 2.50 bits per heavy atom. The lowest BCUT2D eigenvalue weighted by Gasteiger charge is -2.01. The van der Waals surface area contributed by atoms with Crippen molar-refractivity contribution >= 4 is 26.6 Å². The van der Waals surface area contributed by atoms with Crippen molar-refractivity contribution in [3.8, 4) is 0 Å². The van der Waals surface area contributed by atoms with Crippen LogP contribution in [0.5, 0.6) is 0 Å². The van der Waals surface area contributed by atoms with Crippen LogP contribution in [0.1, 0.15) is 17.3 Å². The minimum Gasteiger partial charge on any atom is -0.227 e. The van der Waals surface area contributed by atoms with Gasteiger partial charge in [-0.05, 0) is 24.6 Å². The number of thiol groups is 1. The fourth-order valence-corrected chi connectivity index (χ4v) is 1.44. The molecule has 1 rings (SSSR count). The highest BCUT2D eigenvalue weighted by molar-refractivity contribution is 9.09. The van der Waals surface area contributed by atoms with Crippen LogP contribution in [-0.4, -0.2) is 8.42 Å². The first-order chi connectivity index (χ1) is 5.61.